The van der Waals surface area contributed by atoms with E-state index in [2.05, 4.69) is 10.3 Å². The van der Waals surface area contributed by atoms with Crippen molar-refractivity contribution in [3.05, 3.63) is 51.0 Å². The van der Waals surface area contributed by atoms with Gasteiger partial charge in [0.25, 0.3) is 11.8 Å². The van der Waals surface area contributed by atoms with E-state index < -0.39 is 21.9 Å². The number of thiophene rings is 1. The number of allylic oxidation sites excluding steroid dienone is 1. The fourth-order valence-corrected chi connectivity index (χ4v) is 6.98. The third-order valence-corrected chi connectivity index (χ3v) is 9.97. The van der Waals surface area contributed by atoms with E-state index in [9.17, 15) is 31.2 Å². The Morgan fingerprint density at radius 3 is 2.42 bits per heavy atom. The maximum absolute atomic E-state index is 13.3. The van der Waals surface area contributed by atoms with Crippen molar-refractivity contribution in [1.82, 2.24) is 15.2 Å². The van der Waals surface area contributed by atoms with E-state index in [0.717, 1.165) is 11.3 Å². The Morgan fingerprint density at radius 1 is 1.18 bits per heavy atom. The van der Waals surface area contributed by atoms with Gasteiger partial charge in [0.15, 0.2) is 9.84 Å². The Hall–Kier alpha value is -2.73. The van der Waals surface area contributed by atoms with E-state index in [1.165, 1.54) is 23.6 Å². The summed E-state index contributed by atoms with van der Waals surface area (Å²) in [6, 6.07) is 4.56. The van der Waals surface area contributed by atoms with Crippen molar-refractivity contribution in [3.63, 3.8) is 0 Å². The molecule has 4 rings (SSSR count). The zero-order valence-electron chi connectivity index (χ0n) is 21.4. The van der Waals surface area contributed by atoms with Gasteiger partial charge in [-0.05, 0) is 63.6 Å². The Morgan fingerprint density at radius 2 is 1.87 bits per heavy atom. The van der Waals surface area contributed by atoms with Crippen LogP contribution in [0.5, 0.6) is 0 Å². The summed E-state index contributed by atoms with van der Waals surface area (Å²) in [5, 5.41) is 2.75. The van der Waals surface area contributed by atoms with Crippen molar-refractivity contribution < 1.29 is 31.2 Å². The first-order valence-corrected chi connectivity index (χ1v) is 14.9. The largest absolute Gasteiger partial charge is 0.391 e. The summed E-state index contributed by atoms with van der Waals surface area (Å²) < 4.78 is 63.0. The minimum Gasteiger partial charge on any atom is -0.346 e. The van der Waals surface area contributed by atoms with Crippen molar-refractivity contribution >= 4 is 38.7 Å². The molecule has 2 aliphatic rings. The van der Waals surface area contributed by atoms with Crippen LogP contribution in [0.1, 0.15) is 77.1 Å². The molecule has 1 fully saturated rings. The van der Waals surface area contributed by atoms with Gasteiger partial charge in [0.05, 0.1) is 49.8 Å². The average Bonchev–Trinajstić information content (AvgIpc) is 3.41. The van der Waals surface area contributed by atoms with Crippen LogP contribution in [0.4, 0.5) is 13.2 Å². The standard InChI is InChI=1S/C26H30F3N3O4S2/c1-4-38(35,36)19-10-9-18(30-13-19)12-31-24(33)21-11-20-23(37-21)22(15(2)3)32(25(20)34)14-16-5-7-17(8-6-16)26(27,28)29/h9-11,13,16-17H,4-8,12,14H2,1-3H3,(H,31,33). The number of nitrogens with one attached hydrogen (secondary N) is 1. The predicted molar refractivity (Wildman–Crippen MR) is 138 cm³/mol. The van der Waals surface area contributed by atoms with Crippen LogP contribution in [0, 0.1) is 11.8 Å². The van der Waals surface area contributed by atoms with Crippen molar-refractivity contribution in [2.24, 2.45) is 11.8 Å². The highest BCUT2D eigenvalue weighted by molar-refractivity contribution is 7.91. The molecule has 0 saturated heterocycles. The Kier molecular flexibility index (Phi) is 8.04. The molecule has 0 unspecified atom stereocenters. The number of halogens is 3. The van der Waals surface area contributed by atoms with E-state index >= 15 is 0 Å². The molecule has 1 N–H and O–H groups in total. The second kappa shape index (κ2) is 10.8. The lowest BCUT2D eigenvalue weighted by molar-refractivity contribution is -0.184. The summed E-state index contributed by atoms with van der Waals surface area (Å²) in [4.78, 5) is 33.1. The minimum absolute atomic E-state index is 0.00474. The molecule has 12 heteroatoms. The number of hydrogen-bond donors (Lipinski definition) is 1. The van der Waals surface area contributed by atoms with E-state index in [-0.39, 0.29) is 47.8 Å². The maximum atomic E-state index is 13.3. The van der Waals surface area contributed by atoms with Gasteiger partial charge in [0, 0.05) is 12.7 Å². The van der Waals surface area contributed by atoms with Gasteiger partial charge in [-0.2, -0.15) is 13.2 Å². The van der Waals surface area contributed by atoms with Crippen LogP contribution >= 0.6 is 11.3 Å². The number of carbonyl (C=O) groups is 2. The van der Waals surface area contributed by atoms with Crippen molar-refractivity contribution in [1.29, 1.82) is 0 Å². The zero-order valence-corrected chi connectivity index (χ0v) is 23.0. The van der Waals surface area contributed by atoms with E-state index in [0.29, 0.717) is 40.4 Å². The fraction of sp³-hybridized carbons (Fsp3) is 0.500. The molecule has 1 aliphatic carbocycles. The zero-order chi connectivity index (χ0) is 27.8. The van der Waals surface area contributed by atoms with Gasteiger partial charge < -0.3 is 10.2 Å². The van der Waals surface area contributed by atoms with Gasteiger partial charge in [-0.25, -0.2) is 8.42 Å². The quantitative estimate of drug-likeness (QED) is 0.479. The first-order valence-electron chi connectivity index (χ1n) is 12.5. The van der Waals surface area contributed by atoms with E-state index in [1.807, 2.05) is 13.8 Å². The number of fused-ring (bicyclic) bond motifs is 1. The lowest BCUT2D eigenvalue weighted by Gasteiger charge is -2.32. The van der Waals surface area contributed by atoms with Crippen LogP contribution in [-0.4, -0.2) is 48.6 Å². The molecule has 0 bridgehead atoms. The molecule has 0 aromatic carbocycles. The second-order valence-corrected chi connectivity index (χ2v) is 13.3. The SMILES string of the molecule is CCS(=O)(=O)c1ccc(CNC(=O)c2cc3c(s2)C(=C(C)C)N(CC2CCC(C(F)(F)F)CC2)C3=O)nc1. The highest BCUT2D eigenvalue weighted by Gasteiger charge is 2.43. The molecule has 0 spiro atoms. The van der Waals surface area contributed by atoms with Crippen molar-refractivity contribution in [2.45, 2.75) is 64.1 Å². The third-order valence-electron chi connectivity index (χ3n) is 7.11. The Bertz CT molecular complexity index is 1350. The number of nitrogens with zero attached hydrogens (tertiary/aromatic N) is 2. The maximum Gasteiger partial charge on any atom is 0.391 e. The van der Waals surface area contributed by atoms with Crippen LogP contribution < -0.4 is 5.32 Å². The van der Waals surface area contributed by atoms with Gasteiger partial charge in [0.2, 0.25) is 0 Å². The topological polar surface area (TPSA) is 96.4 Å². The summed E-state index contributed by atoms with van der Waals surface area (Å²) in [5.41, 5.74) is 2.53. The van der Waals surface area contributed by atoms with Crippen LogP contribution in [0.25, 0.3) is 5.70 Å². The minimum atomic E-state index is -4.17. The molecular formula is C26H30F3N3O4S2. The number of alkyl halides is 3. The number of rotatable bonds is 7. The molecule has 38 heavy (non-hydrogen) atoms. The molecule has 0 radical (unpaired) electrons. The average molecular weight is 570 g/mol. The smallest absolute Gasteiger partial charge is 0.346 e. The number of hydrogen-bond acceptors (Lipinski definition) is 6. The van der Waals surface area contributed by atoms with Gasteiger partial charge in [-0.15, -0.1) is 11.3 Å². The van der Waals surface area contributed by atoms with Gasteiger partial charge in [0.1, 0.15) is 0 Å². The van der Waals surface area contributed by atoms with Crippen LogP contribution in [0.15, 0.2) is 34.9 Å². The summed E-state index contributed by atoms with van der Waals surface area (Å²) in [6.07, 6.45) is -1.90. The van der Waals surface area contributed by atoms with Gasteiger partial charge in [-0.1, -0.05) is 12.5 Å². The number of aromatic nitrogens is 1. The summed E-state index contributed by atoms with van der Waals surface area (Å²) in [7, 11) is -3.36. The Balaban J connectivity index is 1.42. The third kappa shape index (κ3) is 5.80. The molecule has 2 aromatic rings. The molecular weight excluding hydrogens is 539 g/mol. The first-order chi connectivity index (χ1) is 17.8. The summed E-state index contributed by atoms with van der Waals surface area (Å²) >= 11 is 1.20. The van der Waals surface area contributed by atoms with Gasteiger partial charge >= 0.3 is 6.18 Å². The van der Waals surface area contributed by atoms with Crippen LogP contribution in [-0.2, 0) is 16.4 Å². The normalized spacial score (nSPS) is 20.0. The lowest BCUT2D eigenvalue weighted by atomic mass is 9.81. The molecule has 7 nitrogen and oxygen atoms in total. The highest BCUT2D eigenvalue weighted by atomic mass is 32.2. The van der Waals surface area contributed by atoms with Crippen molar-refractivity contribution in [2.75, 3.05) is 12.3 Å². The molecule has 1 aliphatic heterocycles. The van der Waals surface area contributed by atoms with Crippen molar-refractivity contribution in [3.8, 4) is 0 Å². The highest BCUT2D eigenvalue weighted by Crippen LogP contribution is 2.44. The van der Waals surface area contributed by atoms with Crippen LogP contribution in [0.2, 0.25) is 0 Å². The first kappa shape index (κ1) is 28.3. The summed E-state index contributed by atoms with van der Waals surface area (Å²) in [6.45, 7) is 5.75. The number of pyridine rings is 1. The summed E-state index contributed by atoms with van der Waals surface area (Å²) in [5.74, 6) is -1.92. The second-order valence-electron chi connectivity index (χ2n) is 9.95. The predicted octanol–water partition coefficient (Wildman–Crippen LogP) is 5.44. The molecule has 2 aromatic heterocycles. The van der Waals surface area contributed by atoms with Crippen LogP contribution in [0.3, 0.4) is 0 Å². The molecule has 0 atom stereocenters. The lowest BCUT2D eigenvalue weighted by Crippen LogP contribution is -2.34. The monoisotopic (exact) mass is 569 g/mol. The molecule has 1 saturated carbocycles. The molecule has 206 valence electrons. The number of carbonyl (C=O) groups excluding carboxylic acids is 2. The van der Waals surface area contributed by atoms with E-state index in [1.54, 1.807) is 24.0 Å². The van der Waals surface area contributed by atoms with Gasteiger partial charge in [-0.3, -0.25) is 14.6 Å². The Labute approximate surface area is 224 Å². The number of amides is 2. The fourth-order valence-electron chi connectivity index (χ4n) is 4.93. The van der Waals surface area contributed by atoms with E-state index in [4.69, 9.17) is 0 Å². The molecule has 2 amide bonds. The number of sulfone groups is 1. The molecule has 3 heterocycles.